The smallest absolute Gasteiger partial charge is 0.261 e. The second-order valence-corrected chi connectivity index (χ2v) is 8.55. The number of para-hydroxylation sites is 1. The van der Waals surface area contributed by atoms with E-state index in [4.69, 9.17) is 0 Å². The predicted octanol–water partition coefficient (Wildman–Crippen LogP) is 4.24. The summed E-state index contributed by atoms with van der Waals surface area (Å²) in [6.45, 7) is 1.94. The highest BCUT2D eigenvalue weighted by Gasteiger charge is 2.19. The molecule has 29 heavy (non-hydrogen) atoms. The van der Waals surface area contributed by atoms with Crippen LogP contribution in [0.25, 0.3) is 0 Å². The van der Waals surface area contributed by atoms with Crippen LogP contribution in [0.2, 0.25) is 0 Å². The zero-order valence-electron chi connectivity index (χ0n) is 16.2. The number of anilines is 1. The van der Waals surface area contributed by atoms with Gasteiger partial charge in [-0.2, -0.15) is 0 Å². The van der Waals surface area contributed by atoms with E-state index in [1.54, 1.807) is 42.5 Å². The van der Waals surface area contributed by atoms with Gasteiger partial charge >= 0.3 is 0 Å². The van der Waals surface area contributed by atoms with E-state index in [0.717, 1.165) is 12.8 Å². The van der Waals surface area contributed by atoms with E-state index in [0.29, 0.717) is 5.56 Å². The molecule has 0 saturated heterocycles. The van der Waals surface area contributed by atoms with Gasteiger partial charge in [0.15, 0.2) is 0 Å². The van der Waals surface area contributed by atoms with Gasteiger partial charge in [-0.1, -0.05) is 60.7 Å². The molecule has 2 N–H and O–H groups in total. The minimum Gasteiger partial charge on any atom is -0.350 e. The maximum atomic E-state index is 12.8. The largest absolute Gasteiger partial charge is 0.350 e. The second-order valence-electron chi connectivity index (χ2n) is 6.86. The van der Waals surface area contributed by atoms with Gasteiger partial charge in [-0.3, -0.25) is 9.52 Å². The molecular weight excluding hydrogens is 384 g/mol. The summed E-state index contributed by atoms with van der Waals surface area (Å²) in [4.78, 5) is 12.9. The van der Waals surface area contributed by atoms with E-state index in [1.165, 1.54) is 17.7 Å². The fourth-order valence-electron chi connectivity index (χ4n) is 2.98. The molecule has 150 valence electrons. The van der Waals surface area contributed by atoms with Crippen molar-refractivity contribution in [2.24, 2.45) is 0 Å². The molecule has 0 aliphatic heterocycles. The number of carbonyl (C=O) groups excluding carboxylic acids is 1. The Morgan fingerprint density at radius 2 is 1.45 bits per heavy atom. The third-order valence-corrected chi connectivity index (χ3v) is 5.94. The molecule has 1 amide bonds. The number of sulfonamides is 1. The lowest BCUT2D eigenvalue weighted by Crippen LogP contribution is -2.33. The summed E-state index contributed by atoms with van der Waals surface area (Å²) in [6, 6.07) is 24.7. The topological polar surface area (TPSA) is 75.3 Å². The summed E-state index contributed by atoms with van der Waals surface area (Å²) >= 11 is 0. The summed E-state index contributed by atoms with van der Waals surface area (Å²) < 4.78 is 27.8. The molecule has 3 rings (SSSR count). The van der Waals surface area contributed by atoms with Crippen molar-refractivity contribution < 1.29 is 13.2 Å². The van der Waals surface area contributed by atoms with Crippen LogP contribution in [0.1, 0.15) is 29.3 Å². The van der Waals surface area contributed by atoms with Gasteiger partial charge in [0.05, 0.1) is 16.1 Å². The van der Waals surface area contributed by atoms with Crippen LogP contribution in [0.4, 0.5) is 5.69 Å². The number of hydrogen-bond donors (Lipinski definition) is 2. The van der Waals surface area contributed by atoms with Crippen LogP contribution in [-0.2, 0) is 16.4 Å². The van der Waals surface area contributed by atoms with Crippen molar-refractivity contribution in [2.75, 3.05) is 4.72 Å². The van der Waals surface area contributed by atoms with Crippen molar-refractivity contribution in [1.29, 1.82) is 0 Å². The zero-order chi connectivity index (χ0) is 20.7. The van der Waals surface area contributed by atoms with Gasteiger partial charge in [-0.15, -0.1) is 0 Å². The first kappa shape index (κ1) is 20.6. The van der Waals surface area contributed by atoms with Crippen molar-refractivity contribution in [1.82, 2.24) is 5.32 Å². The van der Waals surface area contributed by atoms with Crippen LogP contribution >= 0.6 is 0 Å². The lowest BCUT2D eigenvalue weighted by molar-refractivity contribution is 0.0939. The van der Waals surface area contributed by atoms with Gasteiger partial charge in [0.25, 0.3) is 15.9 Å². The van der Waals surface area contributed by atoms with Crippen molar-refractivity contribution in [3.8, 4) is 0 Å². The Morgan fingerprint density at radius 3 is 2.14 bits per heavy atom. The van der Waals surface area contributed by atoms with Crippen LogP contribution in [0.15, 0.2) is 89.8 Å². The van der Waals surface area contributed by atoms with Crippen LogP contribution < -0.4 is 10.0 Å². The Kier molecular flexibility index (Phi) is 6.67. The zero-order valence-corrected chi connectivity index (χ0v) is 17.0. The molecular formula is C23H24N2O3S. The molecule has 3 aromatic carbocycles. The third-order valence-electron chi connectivity index (χ3n) is 4.56. The van der Waals surface area contributed by atoms with Crippen molar-refractivity contribution in [3.63, 3.8) is 0 Å². The number of hydrogen-bond acceptors (Lipinski definition) is 3. The molecule has 0 aliphatic carbocycles. The third kappa shape index (κ3) is 5.68. The molecule has 0 spiro atoms. The Balaban J connectivity index is 1.68. The van der Waals surface area contributed by atoms with Crippen molar-refractivity contribution >= 4 is 21.6 Å². The molecule has 0 aliphatic rings. The number of benzene rings is 3. The average molecular weight is 409 g/mol. The maximum Gasteiger partial charge on any atom is 0.261 e. The van der Waals surface area contributed by atoms with Crippen molar-refractivity contribution in [3.05, 3.63) is 96.1 Å². The van der Waals surface area contributed by atoms with Crippen molar-refractivity contribution in [2.45, 2.75) is 30.7 Å². The molecule has 6 heteroatoms. The molecule has 3 aromatic rings. The van der Waals surface area contributed by atoms with E-state index in [9.17, 15) is 13.2 Å². The number of carbonyl (C=O) groups is 1. The highest BCUT2D eigenvalue weighted by Crippen LogP contribution is 2.20. The normalized spacial score (nSPS) is 12.2. The van der Waals surface area contributed by atoms with Crippen LogP contribution in [0.3, 0.4) is 0 Å². The first-order chi connectivity index (χ1) is 14.0. The predicted molar refractivity (Wildman–Crippen MR) is 115 cm³/mol. The van der Waals surface area contributed by atoms with Gasteiger partial charge < -0.3 is 5.32 Å². The highest BCUT2D eigenvalue weighted by atomic mass is 32.2. The quantitative estimate of drug-likeness (QED) is 0.585. The first-order valence-corrected chi connectivity index (χ1v) is 11.0. The van der Waals surface area contributed by atoms with E-state index in [2.05, 4.69) is 22.2 Å². The number of rotatable bonds is 8. The minimum absolute atomic E-state index is 0.0542. The molecule has 1 atom stereocenters. The van der Waals surface area contributed by atoms with E-state index in [1.807, 2.05) is 25.1 Å². The molecule has 0 fully saturated rings. The molecule has 0 radical (unpaired) electrons. The lowest BCUT2D eigenvalue weighted by atomic mass is 10.1. The van der Waals surface area contributed by atoms with Gasteiger partial charge in [-0.25, -0.2) is 8.42 Å². The lowest BCUT2D eigenvalue weighted by Gasteiger charge is -2.16. The summed E-state index contributed by atoms with van der Waals surface area (Å²) in [5.41, 5.74) is 1.76. The Hall–Kier alpha value is -3.12. The van der Waals surface area contributed by atoms with Gasteiger partial charge in [0.1, 0.15) is 0 Å². The second kappa shape index (κ2) is 9.39. The molecule has 5 nitrogen and oxygen atoms in total. The molecule has 0 heterocycles. The summed E-state index contributed by atoms with van der Waals surface area (Å²) in [7, 11) is -3.77. The minimum atomic E-state index is -3.77. The number of aryl methyl sites for hydroxylation is 1. The average Bonchev–Trinajstić information content (AvgIpc) is 2.74. The summed E-state index contributed by atoms with van der Waals surface area (Å²) in [5.74, 6) is -0.308. The fourth-order valence-corrected chi connectivity index (χ4v) is 4.08. The highest BCUT2D eigenvalue weighted by molar-refractivity contribution is 7.92. The number of nitrogens with one attached hydrogen (secondary N) is 2. The standard InChI is InChI=1S/C23H24N2O3S/c1-18(16-17-19-10-4-2-5-11-19)24-23(26)21-14-8-9-15-22(21)25-29(27,28)20-12-6-3-7-13-20/h2-15,18,25H,16-17H2,1H3,(H,24,26)/t18-/m1/s1. The monoisotopic (exact) mass is 408 g/mol. The van der Waals surface area contributed by atoms with E-state index < -0.39 is 10.0 Å². The van der Waals surface area contributed by atoms with E-state index in [-0.39, 0.29) is 22.5 Å². The van der Waals surface area contributed by atoms with Gasteiger partial charge in [-0.05, 0) is 49.6 Å². The van der Waals surface area contributed by atoms with Gasteiger partial charge in [0.2, 0.25) is 0 Å². The maximum absolute atomic E-state index is 12.8. The molecule has 0 saturated carbocycles. The molecule has 0 bridgehead atoms. The van der Waals surface area contributed by atoms with Gasteiger partial charge in [0, 0.05) is 6.04 Å². The Bertz CT molecular complexity index is 1050. The number of amides is 1. The fraction of sp³-hybridized carbons (Fsp3) is 0.174. The Morgan fingerprint density at radius 1 is 0.862 bits per heavy atom. The first-order valence-electron chi connectivity index (χ1n) is 9.47. The summed E-state index contributed by atoms with van der Waals surface area (Å²) in [5, 5.41) is 2.96. The van der Waals surface area contributed by atoms with Crippen LogP contribution in [-0.4, -0.2) is 20.4 Å². The van der Waals surface area contributed by atoms with Crippen LogP contribution in [0.5, 0.6) is 0 Å². The summed E-state index contributed by atoms with van der Waals surface area (Å²) in [6.07, 6.45) is 1.64. The Labute approximate surface area is 171 Å². The SMILES string of the molecule is C[C@H](CCc1ccccc1)NC(=O)c1ccccc1NS(=O)(=O)c1ccccc1. The van der Waals surface area contributed by atoms with Crippen LogP contribution in [0, 0.1) is 0 Å². The molecule has 0 unspecified atom stereocenters. The molecule has 0 aromatic heterocycles. The van der Waals surface area contributed by atoms with E-state index >= 15 is 0 Å².